The summed E-state index contributed by atoms with van der Waals surface area (Å²) in [7, 11) is 0. The van der Waals surface area contributed by atoms with Gasteiger partial charge in [0.05, 0.1) is 11.3 Å². The van der Waals surface area contributed by atoms with Crippen LogP contribution < -0.4 is 5.32 Å². The van der Waals surface area contributed by atoms with Crippen LogP contribution >= 0.6 is 11.6 Å². The summed E-state index contributed by atoms with van der Waals surface area (Å²) in [5, 5.41) is 3.56. The van der Waals surface area contributed by atoms with E-state index < -0.39 is 0 Å². The number of pyridine rings is 1. The summed E-state index contributed by atoms with van der Waals surface area (Å²) in [6, 6.07) is 1.91. The Morgan fingerprint density at radius 3 is 2.95 bits per heavy atom. The topological polar surface area (TPSA) is 57.8 Å². The Morgan fingerprint density at radius 2 is 2.14 bits per heavy atom. The number of hydrogen-bond donors (Lipinski definition) is 2. The van der Waals surface area contributed by atoms with E-state index in [4.69, 9.17) is 11.6 Å². The lowest BCUT2D eigenvalue weighted by molar-refractivity contribution is 0.0936. The summed E-state index contributed by atoms with van der Waals surface area (Å²) in [4.78, 5) is 20.1. The summed E-state index contributed by atoms with van der Waals surface area (Å²) >= 11 is 6.06. The molecule has 0 atom stereocenters. The number of aromatic amines is 1. The molecule has 3 aliphatic rings. The number of halogens is 1. The van der Waals surface area contributed by atoms with Gasteiger partial charge in [0.15, 0.2) is 0 Å². The lowest BCUT2D eigenvalue weighted by Gasteiger charge is -2.23. The van der Waals surface area contributed by atoms with Crippen molar-refractivity contribution in [2.45, 2.75) is 31.1 Å². The molecule has 2 aliphatic carbocycles. The van der Waals surface area contributed by atoms with Crippen LogP contribution in [0, 0.1) is 0 Å². The standard InChI is InChI=1S/C16H14ClN3O/c17-11-5-10-8(6-18-11)1-2-9-12-14(20-13(9)10)16(3-4-16)7-19-15(12)21/h5-6,20H,1-4,7H2,(H,19,21). The van der Waals surface area contributed by atoms with Crippen molar-refractivity contribution in [3.8, 4) is 11.3 Å². The van der Waals surface area contributed by atoms with Gasteiger partial charge in [-0.25, -0.2) is 4.98 Å². The first kappa shape index (κ1) is 11.8. The van der Waals surface area contributed by atoms with E-state index in [1.54, 1.807) is 0 Å². The van der Waals surface area contributed by atoms with Crippen molar-refractivity contribution in [2.75, 3.05) is 6.54 Å². The summed E-state index contributed by atoms with van der Waals surface area (Å²) in [6.45, 7) is 0.766. The molecule has 0 unspecified atom stereocenters. The second-order valence-electron chi connectivity index (χ2n) is 6.36. The van der Waals surface area contributed by atoms with Crippen LogP contribution in [0.2, 0.25) is 5.15 Å². The molecule has 1 aliphatic heterocycles. The quantitative estimate of drug-likeness (QED) is 0.735. The fourth-order valence-electron chi connectivity index (χ4n) is 3.82. The molecule has 2 N–H and O–H groups in total. The highest BCUT2D eigenvalue weighted by atomic mass is 35.5. The average Bonchev–Trinajstić information content (AvgIpc) is 3.14. The van der Waals surface area contributed by atoms with Gasteiger partial charge in [-0.15, -0.1) is 0 Å². The molecule has 1 saturated carbocycles. The van der Waals surface area contributed by atoms with Crippen LogP contribution in [-0.4, -0.2) is 22.4 Å². The number of rotatable bonds is 0. The van der Waals surface area contributed by atoms with Gasteiger partial charge in [0.25, 0.3) is 5.91 Å². The largest absolute Gasteiger partial charge is 0.357 e. The van der Waals surface area contributed by atoms with Crippen LogP contribution in [0.1, 0.15) is 40.0 Å². The lowest BCUT2D eigenvalue weighted by Crippen LogP contribution is -2.39. The second-order valence-corrected chi connectivity index (χ2v) is 6.74. The number of carbonyl (C=O) groups excluding carboxylic acids is 1. The monoisotopic (exact) mass is 299 g/mol. The van der Waals surface area contributed by atoms with Crippen LogP contribution in [0.5, 0.6) is 0 Å². The van der Waals surface area contributed by atoms with E-state index in [0.29, 0.717) is 5.15 Å². The Morgan fingerprint density at radius 1 is 1.29 bits per heavy atom. The molecule has 1 amide bonds. The van der Waals surface area contributed by atoms with Crippen molar-refractivity contribution in [3.05, 3.63) is 39.8 Å². The zero-order valence-electron chi connectivity index (χ0n) is 11.4. The van der Waals surface area contributed by atoms with Gasteiger partial charge in [0.1, 0.15) is 5.15 Å². The minimum Gasteiger partial charge on any atom is -0.357 e. The van der Waals surface area contributed by atoms with Crippen LogP contribution in [0.15, 0.2) is 12.3 Å². The van der Waals surface area contributed by atoms with Gasteiger partial charge < -0.3 is 10.3 Å². The molecule has 0 aromatic carbocycles. The SMILES string of the molecule is O=C1NCC2(CC2)c2[nH]c3c(c21)CCc1cnc(Cl)cc1-3. The minimum atomic E-state index is 0.0728. The zero-order chi connectivity index (χ0) is 14.2. The number of amides is 1. The number of aryl methyl sites for hydroxylation is 1. The van der Waals surface area contributed by atoms with E-state index in [1.807, 2.05) is 12.3 Å². The molecular formula is C16H14ClN3O. The highest BCUT2D eigenvalue weighted by Crippen LogP contribution is 2.52. The van der Waals surface area contributed by atoms with E-state index in [2.05, 4.69) is 15.3 Å². The number of aromatic nitrogens is 2. The fourth-order valence-corrected chi connectivity index (χ4v) is 3.98. The highest BCUT2D eigenvalue weighted by Gasteiger charge is 2.51. The molecule has 3 heterocycles. The normalized spacial score (nSPS) is 20.5. The van der Waals surface area contributed by atoms with Crippen molar-refractivity contribution < 1.29 is 4.79 Å². The van der Waals surface area contributed by atoms with E-state index in [1.165, 1.54) is 5.56 Å². The molecular weight excluding hydrogens is 286 g/mol. The third-order valence-electron chi connectivity index (χ3n) is 5.17. The maximum absolute atomic E-state index is 12.3. The Kier molecular flexibility index (Phi) is 2.07. The number of fused-ring (bicyclic) bond motifs is 6. The van der Waals surface area contributed by atoms with Crippen LogP contribution in [-0.2, 0) is 18.3 Å². The van der Waals surface area contributed by atoms with E-state index >= 15 is 0 Å². The molecule has 0 bridgehead atoms. The number of H-pyrrole nitrogens is 1. The molecule has 1 fully saturated rings. The van der Waals surface area contributed by atoms with Crippen molar-refractivity contribution in [2.24, 2.45) is 0 Å². The fraction of sp³-hybridized carbons (Fsp3) is 0.375. The Hall–Kier alpha value is -1.81. The van der Waals surface area contributed by atoms with Crippen molar-refractivity contribution in [3.63, 3.8) is 0 Å². The van der Waals surface area contributed by atoms with Gasteiger partial charge in [0.2, 0.25) is 0 Å². The molecule has 5 heteroatoms. The summed E-state index contributed by atoms with van der Waals surface area (Å²) < 4.78 is 0. The van der Waals surface area contributed by atoms with Crippen LogP contribution in [0.4, 0.5) is 0 Å². The molecule has 2 aromatic heterocycles. The predicted molar refractivity (Wildman–Crippen MR) is 79.7 cm³/mol. The van der Waals surface area contributed by atoms with Gasteiger partial charge in [-0.05, 0) is 42.9 Å². The van der Waals surface area contributed by atoms with Gasteiger partial charge in [0, 0.05) is 29.4 Å². The first-order valence-corrected chi connectivity index (χ1v) is 7.74. The lowest BCUT2D eigenvalue weighted by atomic mass is 9.86. The molecule has 2 aromatic rings. The zero-order valence-corrected chi connectivity index (χ0v) is 12.2. The highest BCUT2D eigenvalue weighted by molar-refractivity contribution is 6.29. The summed E-state index contributed by atoms with van der Waals surface area (Å²) in [6.07, 6.45) is 5.97. The third kappa shape index (κ3) is 1.46. The first-order valence-electron chi connectivity index (χ1n) is 7.36. The van der Waals surface area contributed by atoms with Gasteiger partial charge in [-0.3, -0.25) is 4.79 Å². The molecule has 1 spiro atoms. The van der Waals surface area contributed by atoms with Gasteiger partial charge in [-0.1, -0.05) is 11.6 Å². The predicted octanol–water partition coefficient (Wildman–Crippen LogP) is 2.60. The average molecular weight is 300 g/mol. The van der Waals surface area contributed by atoms with Gasteiger partial charge in [-0.2, -0.15) is 0 Å². The maximum Gasteiger partial charge on any atom is 0.253 e. The molecule has 4 nitrogen and oxygen atoms in total. The minimum absolute atomic E-state index is 0.0728. The molecule has 21 heavy (non-hydrogen) atoms. The number of nitrogens with zero attached hydrogens (tertiary/aromatic N) is 1. The number of carbonyl (C=O) groups is 1. The van der Waals surface area contributed by atoms with Crippen molar-refractivity contribution >= 4 is 17.5 Å². The van der Waals surface area contributed by atoms with E-state index in [9.17, 15) is 4.79 Å². The van der Waals surface area contributed by atoms with Crippen molar-refractivity contribution in [1.29, 1.82) is 0 Å². The Labute approximate surface area is 126 Å². The Balaban J connectivity index is 1.80. The third-order valence-corrected chi connectivity index (χ3v) is 5.38. The van der Waals surface area contributed by atoms with Crippen molar-refractivity contribution in [1.82, 2.24) is 15.3 Å². The van der Waals surface area contributed by atoms with Gasteiger partial charge >= 0.3 is 0 Å². The van der Waals surface area contributed by atoms with E-state index in [-0.39, 0.29) is 11.3 Å². The van der Waals surface area contributed by atoms with E-state index in [0.717, 1.165) is 60.3 Å². The molecule has 0 saturated heterocycles. The molecule has 106 valence electrons. The maximum atomic E-state index is 12.3. The van der Waals surface area contributed by atoms with Crippen LogP contribution in [0.3, 0.4) is 0 Å². The summed E-state index contributed by atoms with van der Waals surface area (Å²) in [5.41, 5.74) is 6.75. The molecule has 0 radical (unpaired) electrons. The Bertz CT molecular complexity index is 804. The molecule has 5 rings (SSSR count). The second kappa shape index (κ2) is 3.69. The smallest absolute Gasteiger partial charge is 0.253 e. The summed E-state index contributed by atoms with van der Waals surface area (Å²) in [5.74, 6) is 0.0728. The first-order chi connectivity index (χ1) is 10.2. The van der Waals surface area contributed by atoms with Crippen LogP contribution in [0.25, 0.3) is 11.3 Å². The number of hydrogen-bond acceptors (Lipinski definition) is 2. The number of nitrogens with one attached hydrogen (secondary N) is 2.